The van der Waals surface area contributed by atoms with Gasteiger partial charge in [-0.1, -0.05) is 0 Å². The molecule has 0 atom stereocenters. The molecule has 0 saturated heterocycles. The SMILES string of the molecule is COc1ccc(N=Cc2cc3c(cc2OC)OCO3)cn1. The Morgan fingerprint density at radius 1 is 1.14 bits per heavy atom. The lowest BCUT2D eigenvalue weighted by molar-refractivity contribution is 0.174. The molecular formula is C15H14N2O4. The van der Waals surface area contributed by atoms with Crippen molar-refractivity contribution in [3.05, 3.63) is 36.0 Å². The minimum absolute atomic E-state index is 0.224. The first-order chi connectivity index (χ1) is 10.3. The molecule has 6 nitrogen and oxygen atoms in total. The Morgan fingerprint density at radius 3 is 2.62 bits per heavy atom. The van der Waals surface area contributed by atoms with Gasteiger partial charge in [0, 0.05) is 23.9 Å². The number of fused-ring (bicyclic) bond motifs is 1. The van der Waals surface area contributed by atoms with Gasteiger partial charge in [-0.25, -0.2) is 4.98 Å². The van der Waals surface area contributed by atoms with Crippen molar-refractivity contribution in [2.24, 2.45) is 4.99 Å². The van der Waals surface area contributed by atoms with Crippen LogP contribution in [-0.2, 0) is 0 Å². The molecule has 0 spiro atoms. The third-order valence-corrected chi connectivity index (χ3v) is 3.01. The molecule has 21 heavy (non-hydrogen) atoms. The van der Waals surface area contributed by atoms with Crippen molar-refractivity contribution in [2.75, 3.05) is 21.0 Å². The number of hydrogen-bond donors (Lipinski definition) is 0. The Hall–Kier alpha value is -2.76. The fourth-order valence-corrected chi connectivity index (χ4v) is 1.93. The van der Waals surface area contributed by atoms with Gasteiger partial charge in [-0.2, -0.15) is 0 Å². The molecule has 0 saturated carbocycles. The maximum absolute atomic E-state index is 5.35. The third kappa shape index (κ3) is 2.74. The lowest BCUT2D eigenvalue weighted by atomic mass is 10.2. The van der Waals surface area contributed by atoms with Crippen molar-refractivity contribution in [1.29, 1.82) is 0 Å². The topological polar surface area (TPSA) is 62.2 Å². The number of methoxy groups -OCH3 is 2. The van der Waals surface area contributed by atoms with E-state index in [0.717, 1.165) is 11.3 Å². The number of ether oxygens (including phenoxy) is 4. The largest absolute Gasteiger partial charge is 0.496 e. The van der Waals surface area contributed by atoms with Crippen molar-refractivity contribution in [2.45, 2.75) is 0 Å². The van der Waals surface area contributed by atoms with Crippen LogP contribution in [0.3, 0.4) is 0 Å². The maximum atomic E-state index is 5.35. The van der Waals surface area contributed by atoms with E-state index in [1.807, 2.05) is 12.1 Å². The van der Waals surface area contributed by atoms with E-state index in [2.05, 4.69) is 9.98 Å². The molecular weight excluding hydrogens is 272 g/mol. The zero-order chi connectivity index (χ0) is 14.7. The standard InChI is InChI=1S/C15H14N2O4/c1-18-12-6-14-13(20-9-21-14)5-10(12)7-16-11-3-4-15(19-2)17-8-11/h3-8H,9H2,1-2H3. The summed E-state index contributed by atoms with van der Waals surface area (Å²) in [5.41, 5.74) is 1.52. The van der Waals surface area contributed by atoms with Gasteiger partial charge in [-0.05, 0) is 12.1 Å². The van der Waals surface area contributed by atoms with Gasteiger partial charge in [0.05, 0.1) is 26.1 Å². The van der Waals surface area contributed by atoms with Gasteiger partial charge in [0.25, 0.3) is 0 Å². The van der Waals surface area contributed by atoms with Crippen LogP contribution < -0.4 is 18.9 Å². The van der Waals surface area contributed by atoms with E-state index in [0.29, 0.717) is 23.1 Å². The molecule has 2 heterocycles. The summed E-state index contributed by atoms with van der Waals surface area (Å²) in [6, 6.07) is 7.20. The van der Waals surface area contributed by atoms with E-state index in [1.165, 1.54) is 0 Å². The van der Waals surface area contributed by atoms with E-state index in [9.17, 15) is 0 Å². The second-order valence-electron chi connectivity index (χ2n) is 4.26. The molecule has 0 aliphatic carbocycles. The van der Waals surface area contributed by atoms with Gasteiger partial charge < -0.3 is 18.9 Å². The van der Waals surface area contributed by atoms with Crippen molar-refractivity contribution in [3.8, 4) is 23.1 Å². The van der Waals surface area contributed by atoms with E-state index in [1.54, 1.807) is 38.8 Å². The number of benzene rings is 1. The monoisotopic (exact) mass is 286 g/mol. The molecule has 108 valence electrons. The molecule has 0 bridgehead atoms. The van der Waals surface area contributed by atoms with Gasteiger partial charge in [-0.15, -0.1) is 0 Å². The molecule has 0 fully saturated rings. The first-order valence-electron chi connectivity index (χ1n) is 6.32. The highest BCUT2D eigenvalue weighted by Gasteiger charge is 2.16. The molecule has 0 radical (unpaired) electrons. The smallest absolute Gasteiger partial charge is 0.231 e. The quantitative estimate of drug-likeness (QED) is 0.808. The number of aliphatic imine (C=N–C) groups is 1. The van der Waals surface area contributed by atoms with Crippen LogP contribution in [0.2, 0.25) is 0 Å². The summed E-state index contributed by atoms with van der Waals surface area (Å²) in [6.07, 6.45) is 3.33. The third-order valence-electron chi connectivity index (χ3n) is 3.01. The van der Waals surface area contributed by atoms with Gasteiger partial charge in [0.15, 0.2) is 11.5 Å². The fourth-order valence-electron chi connectivity index (χ4n) is 1.93. The van der Waals surface area contributed by atoms with Crippen LogP contribution in [0.15, 0.2) is 35.5 Å². The molecule has 2 aromatic rings. The molecule has 0 unspecified atom stereocenters. The molecule has 1 aromatic heterocycles. The Labute approximate surface area is 122 Å². The van der Waals surface area contributed by atoms with Gasteiger partial charge in [-0.3, -0.25) is 4.99 Å². The van der Waals surface area contributed by atoms with Crippen molar-refractivity contribution in [1.82, 2.24) is 4.98 Å². The molecule has 1 aromatic carbocycles. The van der Waals surface area contributed by atoms with Crippen LogP contribution in [0, 0.1) is 0 Å². The zero-order valence-electron chi connectivity index (χ0n) is 11.7. The summed E-state index contributed by atoms with van der Waals surface area (Å²) in [4.78, 5) is 8.46. The van der Waals surface area contributed by atoms with Gasteiger partial charge in [0.1, 0.15) is 5.75 Å². The number of aromatic nitrogens is 1. The summed E-state index contributed by atoms with van der Waals surface area (Å²) in [6.45, 7) is 0.224. The Kier molecular flexibility index (Phi) is 3.59. The minimum atomic E-state index is 0.224. The minimum Gasteiger partial charge on any atom is -0.496 e. The highest BCUT2D eigenvalue weighted by molar-refractivity contribution is 5.87. The summed E-state index contributed by atoms with van der Waals surface area (Å²) in [7, 11) is 3.17. The van der Waals surface area contributed by atoms with Crippen molar-refractivity contribution < 1.29 is 18.9 Å². The van der Waals surface area contributed by atoms with Crippen LogP contribution in [0.5, 0.6) is 23.1 Å². The molecule has 0 N–H and O–H groups in total. The van der Waals surface area contributed by atoms with Crippen molar-refractivity contribution >= 4 is 11.9 Å². The number of hydrogen-bond acceptors (Lipinski definition) is 6. The first kappa shape index (κ1) is 13.2. The lowest BCUT2D eigenvalue weighted by Crippen LogP contribution is -1.92. The van der Waals surface area contributed by atoms with Crippen LogP contribution in [-0.4, -0.2) is 32.2 Å². The molecule has 0 amide bonds. The Bertz CT molecular complexity index is 668. The normalized spacial score (nSPS) is 12.7. The van der Waals surface area contributed by atoms with E-state index >= 15 is 0 Å². The van der Waals surface area contributed by atoms with Crippen LogP contribution >= 0.6 is 0 Å². The second kappa shape index (κ2) is 5.70. The summed E-state index contributed by atoms with van der Waals surface area (Å²) >= 11 is 0. The molecule has 1 aliphatic heterocycles. The number of pyridine rings is 1. The summed E-state index contributed by atoms with van der Waals surface area (Å²) < 4.78 is 21.0. The maximum Gasteiger partial charge on any atom is 0.231 e. The highest BCUT2D eigenvalue weighted by Crippen LogP contribution is 2.37. The predicted molar refractivity (Wildman–Crippen MR) is 77.2 cm³/mol. The van der Waals surface area contributed by atoms with E-state index in [4.69, 9.17) is 18.9 Å². The number of nitrogens with zero attached hydrogens (tertiary/aromatic N) is 2. The lowest BCUT2D eigenvalue weighted by Gasteiger charge is -2.06. The average molecular weight is 286 g/mol. The van der Waals surface area contributed by atoms with Gasteiger partial charge in [0.2, 0.25) is 12.7 Å². The fraction of sp³-hybridized carbons (Fsp3) is 0.200. The van der Waals surface area contributed by atoms with Crippen molar-refractivity contribution in [3.63, 3.8) is 0 Å². The van der Waals surface area contributed by atoms with Crippen LogP contribution in [0.25, 0.3) is 0 Å². The Balaban J connectivity index is 1.87. The first-order valence-corrected chi connectivity index (χ1v) is 6.32. The Morgan fingerprint density at radius 2 is 1.95 bits per heavy atom. The zero-order valence-corrected chi connectivity index (χ0v) is 11.7. The molecule has 3 rings (SSSR count). The molecule has 1 aliphatic rings. The number of rotatable bonds is 4. The van der Waals surface area contributed by atoms with E-state index in [-0.39, 0.29) is 6.79 Å². The molecule has 6 heteroatoms. The summed E-state index contributed by atoms with van der Waals surface area (Å²) in [5, 5.41) is 0. The van der Waals surface area contributed by atoms with E-state index < -0.39 is 0 Å². The average Bonchev–Trinajstić information content (AvgIpc) is 2.99. The van der Waals surface area contributed by atoms with Crippen LogP contribution in [0.1, 0.15) is 5.56 Å². The second-order valence-corrected chi connectivity index (χ2v) is 4.26. The van der Waals surface area contributed by atoms with Crippen LogP contribution in [0.4, 0.5) is 5.69 Å². The van der Waals surface area contributed by atoms with Gasteiger partial charge >= 0.3 is 0 Å². The highest BCUT2D eigenvalue weighted by atomic mass is 16.7. The summed E-state index contributed by atoms with van der Waals surface area (Å²) in [5.74, 6) is 2.58. The predicted octanol–water partition coefficient (Wildman–Crippen LogP) is 2.58.